The van der Waals surface area contributed by atoms with E-state index < -0.39 is 0 Å². The van der Waals surface area contributed by atoms with Gasteiger partial charge in [0.2, 0.25) is 0 Å². The van der Waals surface area contributed by atoms with Crippen LogP contribution in [0.15, 0.2) is 78.9 Å². The summed E-state index contributed by atoms with van der Waals surface area (Å²) in [5.41, 5.74) is 5.35. The molecule has 0 bridgehead atoms. The van der Waals surface area contributed by atoms with Crippen LogP contribution in [0.4, 0.5) is 0 Å². The molecule has 1 heteroatoms. The van der Waals surface area contributed by atoms with Gasteiger partial charge in [-0.25, -0.2) is 0 Å². The highest BCUT2D eigenvalue weighted by Crippen LogP contribution is 2.25. The van der Waals surface area contributed by atoms with E-state index in [2.05, 4.69) is 36.4 Å². The van der Waals surface area contributed by atoms with Gasteiger partial charge in [0.05, 0.1) is 0 Å². The second kappa shape index (κ2) is 5.76. The molecule has 3 rings (SSSR count). The molecule has 21 heavy (non-hydrogen) atoms. The Labute approximate surface area is 124 Å². The monoisotopic (exact) mass is 272 g/mol. The van der Waals surface area contributed by atoms with Crippen molar-refractivity contribution in [2.75, 3.05) is 0 Å². The zero-order chi connectivity index (χ0) is 14.7. The molecule has 0 N–H and O–H groups in total. The Bertz CT molecular complexity index is 755. The number of hydrogen-bond donors (Lipinski definition) is 0. The van der Waals surface area contributed by atoms with E-state index in [-0.39, 0.29) is 5.78 Å². The minimum absolute atomic E-state index is 0.0951. The molecule has 0 fully saturated rings. The van der Waals surface area contributed by atoms with Crippen LogP contribution in [0.5, 0.6) is 0 Å². The fourth-order valence-electron chi connectivity index (χ4n) is 2.40. The van der Waals surface area contributed by atoms with Crippen LogP contribution in [0.1, 0.15) is 17.3 Å². The Morgan fingerprint density at radius 3 is 1.76 bits per heavy atom. The second-order valence-electron chi connectivity index (χ2n) is 5.08. The lowest BCUT2D eigenvalue weighted by Crippen LogP contribution is -1.91. The summed E-state index contributed by atoms with van der Waals surface area (Å²) < 4.78 is 0. The summed E-state index contributed by atoms with van der Waals surface area (Å²) in [4.78, 5) is 11.5. The maximum atomic E-state index is 11.5. The van der Waals surface area contributed by atoms with Crippen LogP contribution >= 0.6 is 0 Å². The van der Waals surface area contributed by atoms with E-state index in [1.807, 2.05) is 42.5 Å². The van der Waals surface area contributed by atoms with Crippen LogP contribution in [0, 0.1) is 0 Å². The molecule has 0 amide bonds. The van der Waals surface area contributed by atoms with E-state index >= 15 is 0 Å². The van der Waals surface area contributed by atoms with Gasteiger partial charge in [-0.2, -0.15) is 0 Å². The average molecular weight is 272 g/mol. The summed E-state index contributed by atoms with van der Waals surface area (Å²) in [6.45, 7) is 1.59. The van der Waals surface area contributed by atoms with Crippen molar-refractivity contribution < 1.29 is 4.79 Å². The number of ketones is 1. The van der Waals surface area contributed by atoms with Gasteiger partial charge >= 0.3 is 0 Å². The standard InChI is InChI=1S/C20H16O/c1-15(21)19-8-5-9-20(14-19)18-12-10-17(11-13-18)16-6-3-2-4-7-16/h2-14H,1H3. The number of Topliss-reactive ketones (excluding diaryl/α,β-unsaturated/α-hetero) is 1. The first-order valence-electron chi connectivity index (χ1n) is 7.01. The summed E-state index contributed by atoms with van der Waals surface area (Å²) in [5.74, 6) is 0.0951. The molecule has 0 aromatic heterocycles. The molecule has 0 aliphatic rings. The van der Waals surface area contributed by atoms with Crippen LogP contribution in [-0.4, -0.2) is 5.78 Å². The Kier molecular flexibility index (Phi) is 3.65. The predicted molar refractivity (Wildman–Crippen MR) is 87.3 cm³/mol. The van der Waals surface area contributed by atoms with Crippen molar-refractivity contribution in [1.82, 2.24) is 0 Å². The van der Waals surface area contributed by atoms with Crippen molar-refractivity contribution in [3.63, 3.8) is 0 Å². The average Bonchev–Trinajstić information content (AvgIpc) is 2.56. The smallest absolute Gasteiger partial charge is 0.159 e. The number of rotatable bonds is 3. The van der Waals surface area contributed by atoms with E-state index in [1.54, 1.807) is 6.92 Å². The highest BCUT2D eigenvalue weighted by atomic mass is 16.1. The van der Waals surface area contributed by atoms with E-state index in [0.717, 1.165) is 16.7 Å². The molecule has 0 aliphatic carbocycles. The first kappa shape index (κ1) is 13.3. The van der Waals surface area contributed by atoms with Gasteiger partial charge in [-0.05, 0) is 35.2 Å². The second-order valence-corrected chi connectivity index (χ2v) is 5.08. The number of carbonyl (C=O) groups excluding carboxylic acids is 1. The predicted octanol–water partition coefficient (Wildman–Crippen LogP) is 5.22. The Balaban J connectivity index is 1.94. The molecular formula is C20H16O. The molecule has 102 valence electrons. The van der Waals surface area contributed by atoms with Gasteiger partial charge in [0.25, 0.3) is 0 Å². The molecule has 3 aromatic rings. The molecule has 0 atom stereocenters. The molecule has 0 heterocycles. The van der Waals surface area contributed by atoms with Crippen molar-refractivity contribution >= 4 is 5.78 Å². The molecule has 0 saturated heterocycles. The maximum absolute atomic E-state index is 11.5. The van der Waals surface area contributed by atoms with Crippen LogP contribution in [-0.2, 0) is 0 Å². The molecule has 1 nitrogen and oxygen atoms in total. The molecule has 0 radical (unpaired) electrons. The lowest BCUT2D eigenvalue weighted by Gasteiger charge is -2.06. The first-order chi connectivity index (χ1) is 10.2. The minimum atomic E-state index is 0.0951. The van der Waals surface area contributed by atoms with Crippen LogP contribution in [0.25, 0.3) is 22.3 Å². The molecule has 0 unspecified atom stereocenters. The molecule has 3 aromatic carbocycles. The first-order valence-corrected chi connectivity index (χ1v) is 7.01. The van der Waals surface area contributed by atoms with E-state index in [1.165, 1.54) is 11.1 Å². The number of hydrogen-bond acceptors (Lipinski definition) is 1. The van der Waals surface area contributed by atoms with Crippen LogP contribution in [0.2, 0.25) is 0 Å². The van der Waals surface area contributed by atoms with Gasteiger partial charge < -0.3 is 0 Å². The van der Waals surface area contributed by atoms with Crippen LogP contribution in [0.3, 0.4) is 0 Å². The molecular weight excluding hydrogens is 256 g/mol. The van der Waals surface area contributed by atoms with Crippen molar-refractivity contribution in [2.45, 2.75) is 6.92 Å². The van der Waals surface area contributed by atoms with Gasteiger partial charge in [0.1, 0.15) is 0 Å². The third kappa shape index (κ3) is 2.92. The molecule has 0 aliphatic heterocycles. The third-order valence-corrected chi connectivity index (χ3v) is 3.59. The fraction of sp³-hybridized carbons (Fsp3) is 0.0500. The van der Waals surface area contributed by atoms with E-state index in [9.17, 15) is 4.79 Å². The van der Waals surface area contributed by atoms with Gasteiger partial charge in [-0.1, -0.05) is 72.8 Å². The minimum Gasteiger partial charge on any atom is -0.295 e. The Hall–Kier alpha value is -2.67. The highest BCUT2D eigenvalue weighted by Gasteiger charge is 2.03. The lowest BCUT2D eigenvalue weighted by atomic mass is 9.98. The van der Waals surface area contributed by atoms with Gasteiger partial charge in [0, 0.05) is 5.56 Å². The number of carbonyl (C=O) groups is 1. The van der Waals surface area contributed by atoms with Crippen molar-refractivity contribution in [1.29, 1.82) is 0 Å². The number of benzene rings is 3. The third-order valence-electron chi connectivity index (χ3n) is 3.59. The zero-order valence-electron chi connectivity index (χ0n) is 11.9. The highest BCUT2D eigenvalue weighted by molar-refractivity contribution is 5.95. The summed E-state index contributed by atoms with van der Waals surface area (Å²) in [7, 11) is 0. The quantitative estimate of drug-likeness (QED) is 0.597. The fourth-order valence-corrected chi connectivity index (χ4v) is 2.40. The topological polar surface area (TPSA) is 17.1 Å². The summed E-state index contributed by atoms with van der Waals surface area (Å²) in [5, 5.41) is 0. The maximum Gasteiger partial charge on any atom is 0.159 e. The SMILES string of the molecule is CC(=O)c1cccc(-c2ccc(-c3ccccc3)cc2)c1. The van der Waals surface area contributed by atoms with Crippen molar-refractivity contribution in [2.24, 2.45) is 0 Å². The van der Waals surface area contributed by atoms with Gasteiger partial charge in [-0.15, -0.1) is 0 Å². The normalized spacial score (nSPS) is 10.3. The Morgan fingerprint density at radius 1 is 0.619 bits per heavy atom. The van der Waals surface area contributed by atoms with E-state index in [4.69, 9.17) is 0 Å². The Morgan fingerprint density at radius 2 is 1.14 bits per heavy atom. The molecule has 0 spiro atoms. The van der Waals surface area contributed by atoms with Crippen molar-refractivity contribution in [3.05, 3.63) is 84.4 Å². The summed E-state index contributed by atoms with van der Waals surface area (Å²) >= 11 is 0. The van der Waals surface area contributed by atoms with Gasteiger partial charge in [0.15, 0.2) is 5.78 Å². The van der Waals surface area contributed by atoms with Crippen molar-refractivity contribution in [3.8, 4) is 22.3 Å². The summed E-state index contributed by atoms with van der Waals surface area (Å²) in [6.07, 6.45) is 0. The summed E-state index contributed by atoms with van der Waals surface area (Å²) in [6, 6.07) is 26.5. The van der Waals surface area contributed by atoms with E-state index in [0.29, 0.717) is 0 Å². The lowest BCUT2D eigenvalue weighted by molar-refractivity contribution is 0.101. The molecule has 0 saturated carbocycles. The zero-order valence-corrected chi connectivity index (χ0v) is 11.9. The van der Waals surface area contributed by atoms with Crippen LogP contribution < -0.4 is 0 Å². The van der Waals surface area contributed by atoms with Gasteiger partial charge in [-0.3, -0.25) is 4.79 Å². The largest absolute Gasteiger partial charge is 0.295 e.